The fourth-order valence-electron chi connectivity index (χ4n) is 2.70. The summed E-state index contributed by atoms with van der Waals surface area (Å²) in [6.45, 7) is 5.81. The molecule has 0 saturated heterocycles. The maximum absolute atomic E-state index is 5.74. The molecule has 2 aromatic carbocycles. The topological polar surface area (TPSA) is 30.9 Å². The number of aryl methyl sites for hydroxylation is 2. The lowest BCUT2D eigenvalue weighted by molar-refractivity contribution is 0.757. The molecule has 2 heteroatoms. The van der Waals surface area contributed by atoms with Gasteiger partial charge < -0.3 is 10.3 Å². The molecule has 0 bridgehead atoms. The smallest absolute Gasteiger partial charge is 0.0491 e. The molecule has 2 nitrogen and oxygen atoms in total. The molecule has 0 aliphatic rings. The third-order valence-electron chi connectivity index (χ3n) is 3.53. The van der Waals surface area contributed by atoms with Crippen LogP contribution in [0.1, 0.15) is 11.1 Å². The van der Waals surface area contributed by atoms with Gasteiger partial charge >= 0.3 is 0 Å². The number of hydrogen-bond acceptors (Lipinski definition) is 1. The molecule has 18 heavy (non-hydrogen) atoms. The zero-order chi connectivity index (χ0) is 12.7. The number of nitrogens with zero attached hydrogens (tertiary/aromatic N) is 1. The molecule has 1 aromatic heterocycles. The minimum absolute atomic E-state index is 0.667. The van der Waals surface area contributed by atoms with Gasteiger partial charge in [-0.05, 0) is 38.1 Å². The van der Waals surface area contributed by atoms with Crippen LogP contribution in [-0.2, 0) is 6.54 Å². The van der Waals surface area contributed by atoms with Crippen molar-refractivity contribution in [2.24, 2.45) is 5.73 Å². The van der Waals surface area contributed by atoms with Crippen LogP contribution in [0.15, 0.2) is 36.4 Å². The van der Waals surface area contributed by atoms with Crippen LogP contribution in [0.4, 0.5) is 0 Å². The summed E-state index contributed by atoms with van der Waals surface area (Å²) in [5, 5.41) is 2.67. The van der Waals surface area contributed by atoms with E-state index in [-0.39, 0.29) is 0 Å². The second kappa shape index (κ2) is 4.14. The van der Waals surface area contributed by atoms with Gasteiger partial charge in [-0.1, -0.05) is 23.3 Å². The van der Waals surface area contributed by atoms with Crippen LogP contribution in [0, 0.1) is 13.8 Å². The predicted molar refractivity (Wildman–Crippen MR) is 78.0 cm³/mol. The molecular weight excluding hydrogens is 220 g/mol. The van der Waals surface area contributed by atoms with E-state index >= 15 is 0 Å². The highest BCUT2D eigenvalue weighted by Gasteiger charge is 2.09. The molecule has 0 fully saturated rings. The summed E-state index contributed by atoms with van der Waals surface area (Å²) in [5.74, 6) is 0. The summed E-state index contributed by atoms with van der Waals surface area (Å²) in [6.07, 6.45) is 0. The van der Waals surface area contributed by atoms with Crippen LogP contribution in [0.2, 0.25) is 0 Å². The Morgan fingerprint density at radius 2 is 1.39 bits per heavy atom. The Labute approximate surface area is 107 Å². The first kappa shape index (κ1) is 11.3. The van der Waals surface area contributed by atoms with Crippen molar-refractivity contribution in [1.82, 2.24) is 4.57 Å². The van der Waals surface area contributed by atoms with Gasteiger partial charge in [-0.25, -0.2) is 0 Å². The summed E-state index contributed by atoms with van der Waals surface area (Å²) in [6, 6.07) is 13.3. The van der Waals surface area contributed by atoms with Crippen molar-refractivity contribution in [3.05, 3.63) is 47.5 Å². The van der Waals surface area contributed by atoms with Gasteiger partial charge in [-0.15, -0.1) is 0 Å². The maximum atomic E-state index is 5.74. The first-order valence-corrected chi connectivity index (χ1v) is 6.40. The van der Waals surface area contributed by atoms with E-state index in [1.807, 2.05) is 0 Å². The molecule has 2 N–H and O–H groups in total. The zero-order valence-corrected chi connectivity index (χ0v) is 10.9. The number of hydrogen-bond donors (Lipinski definition) is 1. The normalized spacial score (nSPS) is 11.5. The second-order valence-corrected chi connectivity index (χ2v) is 4.98. The number of benzene rings is 2. The Hall–Kier alpha value is -1.80. The monoisotopic (exact) mass is 238 g/mol. The molecule has 0 radical (unpaired) electrons. The molecule has 92 valence electrons. The second-order valence-electron chi connectivity index (χ2n) is 4.98. The Morgan fingerprint density at radius 1 is 0.889 bits per heavy atom. The fraction of sp³-hybridized carbons (Fsp3) is 0.250. The van der Waals surface area contributed by atoms with Gasteiger partial charge in [0.2, 0.25) is 0 Å². The number of fused-ring (bicyclic) bond motifs is 3. The van der Waals surface area contributed by atoms with E-state index in [4.69, 9.17) is 5.73 Å². The Bertz CT molecular complexity index is 663. The molecule has 0 atom stereocenters. The van der Waals surface area contributed by atoms with Crippen LogP contribution >= 0.6 is 0 Å². The number of nitrogens with two attached hydrogens (primary N) is 1. The Kier molecular flexibility index (Phi) is 2.60. The number of rotatable bonds is 2. The Balaban J connectivity index is 2.48. The largest absolute Gasteiger partial charge is 0.339 e. The van der Waals surface area contributed by atoms with Crippen LogP contribution in [0.25, 0.3) is 21.8 Å². The van der Waals surface area contributed by atoms with Crippen molar-refractivity contribution in [1.29, 1.82) is 0 Å². The van der Waals surface area contributed by atoms with Crippen molar-refractivity contribution in [2.75, 3.05) is 6.54 Å². The standard InChI is InChI=1S/C16H18N2/c1-11-3-5-15-13(9-11)14-10-12(2)4-6-16(14)18(15)8-7-17/h3-6,9-10H,7-8,17H2,1-2H3. The third kappa shape index (κ3) is 1.61. The predicted octanol–water partition coefficient (Wildman–Crippen LogP) is 3.37. The van der Waals surface area contributed by atoms with Gasteiger partial charge in [0, 0.05) is 34.9 Å². The molecular formula is C16H18N2. The highest BCUT2D eigenvalue weighted by Crippen LogP contribution is 2.30. The SMILES string of the molecule is Cc1ccc2c(c1)c1cc(C)ccc1n2CCN. The highest BCUT2D eigenvalue weighted by molar-refractivity contribution is 6.08. The van der Waals surface area contributed by atoms with Gasteiger partial charge in [0.25, 0.3) is 0 Å². The van der Waals surface area contributed by atoms with E-state index in [2.05, 4.69) is 54.8 Å². The van der Waals surface area contributed by atoms with Crippen molar-refractivity contribution in [3.63, 3.8) is 0 Å². The van der Waals surface area contributed by atoms with E-state index in [9.17, 15) is 0 Å². The minimum atomic E-state index is 0.667. The fourth-order valence-corrected chi connectivity index (χ4v) is 2.70. The van der Waals surface area contributed by atoms with Gasteiger partial charge in [-0.3, -0.25) is 0 Å². The van der Waals surface area contributed by atoms with E-state index in [0.717, 1.165) is 6.54 Å². The lowest BCUT2D eigenvalue weighted by atomic mass is 10.1. The van der Waals surface area contributed by atoms with E-state index < -0.39 is 0 Å². The molecule has 0 spiro atoms. The molecule has 0 saturated carbocycles. The van der Waals surface area contributed by atoms with Gasteiger partial charge in [0.15, 0.2) is 0 Å². The quantitative estimate of drug-likeness (QED) is 0.729. The maximum Gasteiger partial charge on any atom is 0.0491 e. The Morgan fingerprint density at radius 3 is 1.83 bits per heavy atom. The van der Waals surface area contributed by atoms with E-state index in [1.165, 1.54) is 32.9 Å². The summed E-state index contributed by atoms with van der Waals surface area (Å²) < 4.78 is 2.32. The van der Waals surface area contributed by atoms with E-state index in [0.29, 0.717) is 6.54 Å². The first-order valence-electron chi connectivity index (χ1n) is 6.40. The summed E-state index contributed by atoms with van der Waals surface area (Å²) >= 11 is 0. The average Bonchev–Trinajstić information content (AvgIpc) is 2.64. The molecule has 0 aliphatic carbocycles. The zero-order valence-electron chi connectivity index (χ0n) is 10.9. The summed E-state index contributed by atoms with van der Waals surface area (Å²) in [5.41, 5.74) is 10.9. The molecule has 0 aliphatic heterocycles. The molecule has 0 unspecified atom stereocenters. The van der Waals surface area contributed by atoms with Gasteiger partial charge in [0.05, 0.1) is 0 Å². The van der Waals surface area contributed by atoms with Crippen molar-refractivity contribution < 1.29 is 0 Å². The summed E-state index contributed by atoms with van der Waals surface area (Å²) in [4.78, 5) is 0. The van der Waals surface area contributed by atoms with Crippen molar-refractivity contribution >= 4 is 21.8 Å². The third-order valence-corrected chi connectivity index (χ3v) is 3.53. The van der Waals surface area contributed by atoms with Crippen LogP contribution < -0.4 is 5.73 Å². The lowest BCUT2D eigenvalue weighted by Crippen LogP contribution is -2.09. The number of aromatic nitrogens is 1. The average molecular weight is 238 g/mol. The molecule has 3 rings (SSSR count). The molecule has 1 heterocycles. The van der Waals surface area contributed by atoms with Crippen LogP contribution in [0.3, 0.4) is 0 Å². The van der Waals surface area contributed by atoms with Crippen molar-refractivity contribution in [2.45, 2.75) is 20.4 Å². The highest BCUT2D eigenvalue weighted by atomic mass is 15.0. The van der Waals surface area contributed by atoms with E-state index in [1.54, 1.807) is 0 Å². The first-order chi connectivity index (χ1) is 8.70. The van der Waals surface area contributed by atoms with Gasteiger partial charge in [0.1, 0.15) is 0 Å². The minimum Gasteiger partial charge on any atom is -0.339 e. The van der Waals surface area contributed by atoms with Crippen LogP contribution in [0.5, 0.6) is 0 Å². The van der Waals surface area contributed by atoms with Gasteiger partial charge in [-0.2, -0.15) is 0 Å². The molecule has 0 amide bonds. The summed E-state index contributed by atoms with van der Waals surface area (Å²) in [7, 11) is 0. The lowest BCUT2D eigenvalue weighted by Gasteiger charge is -2.05. The van der Waals surface area contributed by atoms with Crippen molar-refractivity contribution in [3.8, 4) is 0 Å². The van der Waals surface area contributed by atoms with Crippen LogP contribution in [-0.4, -0.2) is 11.1 Å². The molecule has 3 aromatic rings.